The minimum atomic E-state index is -0.525. The van der Waals surface area contributed by atoms with Gasteiger partial charge in [-0.3, -0.25) is 9.80 Å². The van der Waals surface area contributed by atoms with Gasteiger partial charge in [0.1, 0.15) is 11.2 Å². The van der Waals surface area contributed by atoms with Crippen LogP contribution in [0.1, 0.15) is 41.5 Å². The van der Waals surface area contributed by atoms with E-state index < -0.39 is 11.2 Å². The summed E-state index contributed by atoms with van der Waals surface area (Å²) < 4.78 is 11.8. The molecule has 2 saturated heterocycles. The van der Waals surface area contributed by atoms with Crippen LogP contribution in [0.3, 0.4) is 0 Å². The van der Waals surface area contributed by atoms with Gasteiger partial charge < -0.3 is 14.0 Å². The van der Waals surface area contributed by atoms with Gasteiger partial charge in [-0.1, -0.05) is 0 Å². The van der Waals surface area contributed by atoms with Gasteiger partial charge in [-0.15, -0.1) is 0 Å². The van der Waals surface area contributed by atoms with Crippen molar-refractivity contribution in [2.24, 2.45) is 0 Å². The second kappa shape index (κ2) is 6.10. The highest BCUT2D eigenvalue weighted by Crippen LogP contribution is 2.29. The normalized spacial score (nSPS) is 27.7. The third-order valence-electron chi connectivity index (χ3n) is 4.48. The number of piperazine rings is 1. The van der Waals surface area contributed by atoms with Crippen LogP contribution < -0.4 is 0 Å². The predicted molar refractivity (Wildman–Crippen MR) is 90.5 cm³/mol. The van der Waals surface area contributed by atoms with Gasteiger partial charge in [-0.25, -0.2) is 9.59 Å². The van der Waals surface area contributed by atoms with E-state index in [-0.39, 0.29) is 18.4 Å². The molecular formula is C17H32N3O4+. The smallest absolute Gasteiger partial charge is 0.415 e. The fraction of sp³-hybridized carbons (Fsp3) is 0.882. The zero-order valence-electron chi connectivity index (χ0n) is 16.1. The molecule has 2 aliphatic rings. The second-order valence-corrected chi connectivity index (χ2v) is 9.01. The first-order valence-electron chi connectivity index (χ1n) is 8.62. The van der Waals surface area contributed by atoms with E-state index >= 15 is 0 Å². The van der Waals surface area contributed by atoms with Crippen LogP contribution in [0.5, 0.6) is 0 Å². The molecule has 2 aliphatic heterocycles. The van der Waals surface area contributed by atoms with Crippen molar-refractivity contribution in [3.8, 4) is 0 Å². The lowest BCUT2D eigenvalue weighted by molar-refractivity contribution is -0.929. The molecule has 0 aromatic carbocycles. The van der Waals surface area contributed by atoms with Gasteiger partial charge >= 0.3 is 12.2 Å². The first kappa shape index (κ1) is 18.8. The van der Waals surface area contributed by atoms with Crippen LogP contribution in [0, 0.1) is 0 Å². The number of nitrogens with zero attached hydrogens (tertiary/aromatic N) is 3. The van der Waals surface area contributed by atoms with Crippen LogP contribution in [-0.4, -0.2) is 83.6 Å². The average Bonchev–Trinajstić information content (AvgIpc) is 2.71. The van der Waals surface area contributed by atoms with Crippen LogP contribution in [0.4, 0.5) is 9.59 Å². The largest absolute Gasteiger partial charge is 0.444 e. The maximum Gasteiger partial charge on any atom is 0.415 e. The molecule has 7 nitrogen and oxygen atoms in total. The fourth-order valence-electron chi connectivity index (χ4n) is 3.19. The molecule has 0 radical (unpaired) electrons. The Morgan fingerprint density at radius 3 is 1.96 bits per heavy atom. The van der Waals surface area contributed by atoms with E-state index in [1.54, 1.807) is 9.80 Å². The Kier molecular flexibility index (Phi) is 4.78. The van der Waals surface area contributed by atoms with Crippen LogP contribution in [0.15, 0.2) is 0 Å². The maximum absolute atomic E-state index is 12.5. The van der Waals surface area contributed by atoms with E-state index in [1.165, 1.54) is 0 Å². The molecule has 0 N–H and O–H groups in total. The van der Waals surface area contributed by atoms with E-state index in [9.17, 15) is 9.59 Å². The number of carbonyl (C=O) groups excluding carboxylic acids is 2. The quantitative estimate of drug-likeness (QED) is 0.634. The number of carbonyl (C=O) groups is 2. The van der Waals surface area contributed by atoms with Crippen molar-refractivity contribution in [1.29, 1.82) is 0 Å². The molecule has 2 heterocycles. The summed E-state index contributed by atoms with van der Waals surface area (Å²) in [6.45, 7) is 14.6. The molecule has 2 unspecified atom stereocenters. The predicted octanol–water partition coefficient (Wildman–Crippen LogP) is 2.26. The molecule has 2 rings (SSSR count). The van der Waals surface area contributed by atoms with Gasteiger partial charge in [0, 0.05) is 0 Å². The van der Waals surface area contributed by atoms with Gasteiger partial charge in [0.25, 0.3) is 0 Å². The molecule has 0 aromatic rings. The van der Waals surface area contributed by atoms with Gasteiger partial charge in [0.15, 0.2) is 6.17 Å². The molecule has 0 saturated carbocycles. The summed E-state index contributed by atoms with van der Waals surface area (Å²) in [5, 5.41) is 0. The van der Waals surface area contributed by atoms with Crippen molar-refractivity contribution in [2.45, 2.75) is 58.9 Å². The number of likely N-dealkylation sites (N-methyl/N-ethyl adjacent to an activating group) is 1. The number of hydrogen-bond donors (Lipinski definition) is 0. The SMILES string of the molecule is CC(C)(C)OC(=O)N1CC[N+]2(C)CCN(C(=O)OC(C)(C)C)C2C1. The highest BCUT2D eigenvalue weighted by Gasteiger charge is 2.51. The van der Waals surface area contributed by atoms with E-state index in [2.05, 4.69) is 7.05 Å². The van der Waals surface area contributed by atoms with E-state index in [0.717, 1.165) is 17.6 Å². The number of quaternary nitrogens is 1. The molecule has 2 atom stereocenters. The number of amides is 2. The summed E-state index contributed by atoms with van der Waals surface area (Å²) in [5.74, 6) is 0. The molecule has 0 aromatic heterocycles. The molecule has 7 heteroatoms. The maximum atomic E-state index is 12.5. The van der Waals surface area contributed by atoms with Gasteiger partial charge in [0.2, 0.25) is 0 Å². The molecule has 0 aliphatic carbocycles. The summed E-state index contributed by atoms with van der Waals surface area (Å²) in [7, 11) is 2.14. The molecule has 0 spiro atoms. The van der Waals surface area contributed by atoms with Crippen molar-refractivity contribution < 1.29 is 23.5 Å². The molecule has 2 fully saturated rings. The van der Waals surface area contributed by atoms with Crippen LogP contribution >= 0.6 is 0 Å². The zero-order chi connectivity index (χ0) is 18.3. The Morgan fingerprint density at radius 2 is 1.42 bits per heavy atom. The van der Waals surface area contributed by atoms with Gasteiger partial charge in [-0.05, 0) is 41.5 Å². The summed E-state index contributed by atoms with van der Waals surface area (Å²) in [4.78, 5) is 28.4. The lowest BCUT2D eigenvalue weighted by atomic mass is 10.2. The van der Waals surface area contributed by atoms with Crippen molar-refractivity contribution in [3.05, 3.63) is 0 Å². The van der Waals surface area contributed by atoms with Crippen molar-refractivity contribution in [3.63, 3.8) is 0 Å². The fourth-order valence-corrected chi connectivity index (χ4v) is 3.19. The third kappa shape index (κ3) is 4.32. The van der Waals surface area contributed by atoms with Crippen molar-refractivity contribution in [2.75, 3.05) is 39.8 Å². The van der Waals surface area contributed by atoms with Crippen LogP contribution in [0.25, 0.3) is 0 Å². The third-order valence-corrected chi connectivity index (χ3v) is 4.48. The minimum absolute atomic E-state index is 0.0823. The summed E-state index contributed by atoms with van der Waals surface area (Å²) in [5.41, 5.74) is -1.05. The Hall–Kier alpha value is -1.50. The van der Waals surface area contributed by atoms with E-state index in [1.807, 2.05) is 41.5 Å². The first-order chi connectivity index (χ1) is 10.8. The lowest BCUT2D eigenvalue weighted by Gasteiger charge is -2.45. The monoisotopic (exact) mass is 342 g/mol. The summed E-state index contributed by atoms with van der Waals surface area (Å²) >= 11 is 0. The average molecular weight is 342 g/mol. The van der Waals surface area contributed by atoms with Gasteiger partial charge in [-0.2, -0.15) is 0 Å². The standard InChI is InChI=1S/C17H32N3O4/c1-16(2,3)23-14(21)18-8-10-20(7)11-9-19(13(20)12-18)15(22)24-17(4,5)6/h13H,8-12H2,1-7H3/q+1. The van der Waals surface area contributed by atoms with Crippen LogP contribution in [-0.2, 0) is 9.47 Å². The van der Waals surface area contributed by atoms with Crippen molar-refractivity contribution in [1.82, 2.24) is 9.80 Å². The molecule has 138 valence electrons. The van der Waals surface area contributed by atoms with Gasteiger partial charge in [0.05, 0.1) is 39.8 Å². The summed E-state index contributed by atoms with van der Waals surface area (Å²) in [6.07, 6.45) is -0.703. The Balaban J connectivity index is 2.09. The zero-order valence-corrected chi connectivity index (χ0v) is 16.1. The Morgan fingerprint density at radius 1 is 0.917 bits per heavy atom. The second-order valence-electron chi connectivity index (χ2n) is 9.01. The van der Waals surface area contributed by atoms with Crippen LogP contribution in [0.2, 0.25) is 0 Å². The number of hydrogen-bond acceptors (Lipinski definition) is 4. The molecule has 2 amide bonds. The number of ether oxygens (including phenoxy) is 2. The number of rotatable bonds is 0. The molecule has 0 bridgehead atoms. The van der Waals surface area contributed by atoms with Crippen molar-refractivity contribution >= 4 is 12.2 Å². The summed E-state index contributed by atoms with van der Waals surface area (Å²) in [6, 6.07) is 0. The number of fused-ring (bicyclic) bond motifs is 1. The Bertz CT molecular complexity index is 509. The highest BCUT2D eigenvalue weighted by atomic mass is 16.6. The topological polar surface area (TPSA) is 59.1 Å². The first-order valence-corrected chi connectivity index (χ1v) is 8.62. The Labute approximate surface area is 145 Å². The lowest BCUT2D eigenvalue weighted by Crippen LogP contribution is -2.65. The molecule has 24 heavy (non-hydrogen) atoms. The highest BCUT2D eigenvalue weighted by molar-refractivity contribution is 5.70. The molecular weight excluding hydrogens is 310 g/mol. The minimum Gasteiger partial charge on any atom is -0.444 e. The van der Waals surface area contributed by atoms with E-state index in [4.69, 9.17) is 9.47 Å². The van der Waals surface area contributed by atoms with E-state index in [0.29, 0.717) is 19.6 Å².